The van der Waals surface area contributed by atoms with Gasteiger partial charge in [0.25, 0.3) is 0 Å². The van der Waals surface area contributed by atoms with Gasteiger partial charge in [-0.15, -0.1) is 0 Å². The van der Waals surface area contributed by atoms with Gasteiger partial charge in [0.1, 0.15) is 0 Å². The van der Waals surface area contributed by atoms with E-state index in [1.807, 2.05) is 19.9 Å². The van der Waals surface area contributed by atoms with E-state index in [0.717, 1.165) is 12.0 Å². The molecule has 0 aliphatic carbocycles. The average Bonchev–Trinajstić information content (AvgIpc) is 2.23. The normalized spacial score (nSPS) is 11.5. The molecule has 0 N–H and O–H groups in total. The number of hydrogen-bond donors (Lipinski definition) is 0. The second kappa shape index (κ2) is 9.75. The van der Waals surface area contributed by atoms with Gasteiger partial charge in [-0.25, -0.2) is 4.79 Å². The smallest absolute Gasteiger partial charge is 0.333 e. The summed E-state index contributed by atoms with van der Waals surface area (Å²) in [6.45, 7) is 6.32. The highest BCUT2D eigenvalue weighted by Crippen LogP contribution is 2.07. The van der Waals surface area contributed by atoms with Crippen molar-refractivity contribution in [2.24, 2.45) is 0 Å². The molecule has 0 atom stereocenters. The Morgan fingerprint density at radius 3 is 2.40 bits per heavy atom. The van der Waals surface area contributed by atoms with E-state index in [9.17, 15) is 4.79 Å². The minimum atomic E-state index is -0.175. The van der Waals surface area contributed by atoms with Gasteiger partial charge in [-0.05, 0) is 26.7 Å². The minimum absolute atomic E-state index is 0.175. The maximum Gasteiger partial charge on any atom is 0.333 e. The fourth-order valence-electron chi connectivity index (χ4n) is 1.39. The monoisotopic (exact) mass is 212 g/mol. The van der Waals surface area contributed by atoms with Gasteiger partial charge in [-0.1, -0.05) is 38.7 Å². The van der Waals surface area contributed by atoms with E-state index < -0.39 is 0 Å². The van der Waals surface area contributed by atoms with Crippen LogP contribution in [0.15, 0.2) is 11.6 Å². The first-order chi connectivity index (χ1) is 7.22. The van der Waals surface area contributed by atoms with Crippen molar-refractivity contribution in [1.82, 2.24) is 0 Å². The van der Waals surface area contributed by atoms with Crippen LogP contribution < -0.4 is 0 Å². The zero-order valence-corrected chi connectivity index (χ0v) is 10.3. The van der Waals surface area contributed by atoms with Gasteiger partial charge in [0.15, 0.2) is 0 Å². The summed E-state index contributed by atoms with van der Waals surface area (Å²) in [7, 11) is 0. The van der Waals surface area contributed by atoms with Gasteiger partial charge in [0, 0.05) is 5.57 Å². The number of carbonyl (C=O) groups is 1. The molecule has 0 aromatic rings. The molecule has 0 radical (unpaired) electrons. The standard InChI is InChI=1S/C13H24O2/c1-4-6-7-8-9-10-11-12(3)13(14)15-5-2/h11H,4-10H2,1-3H3/b12-11+. The molecule has 0 amide bonds. The number of rotatable bonds is 8. The predicted octanol–water partition coefficient (Wildman–Crippen LogP) is 3.86. The molecule has 0 aromatic heterocycles. The van der Waals surface area contributed by atoms with Gasteiger partial charge >= 0.3 is 5.97 Å². The SMILES string of the molecule is CCCCCCC/C=C(\C)C(=O)OCC. The van der Waals surface area contributed by atoms with Crippen LogP contribution in [0.25, 0.3) is 0 Å². The molecule has 0 aliphatic heterocycles. The van der Waals surface area contributed by atoms with Crippen molar-refractivity contribution in [3.05, 3.63) is 11.6 Å². The summed E-state index contributed by atoms with van der Waals surface area (Å²) in [5, 5.41) is 0. The Morgan fingerprint density at radius 1 is 1.13 bits per heavy atom. The fraction of sp³-hybridized carbons (Fsp3) is 0.769. The Balaban J connectivity index is 3.53. The van der Waals surface area contributed by atoms with Gasteiger partial charge in [-0.3, -0.25) is 0 Å². The second-order valence-corrected chi connectivity index (χ2v) is 3.81. The zero-order valence-electron chi connectivity index (χ0n) is 10.3. The topological polar surface area (TPSA) is 26.3 Å². The molecule has 0 rings (SSSR count). The first-order valence-electron chi connectivity index (χ1n) is 6.06. The third-order valence-electron chi connectivity index (χ3n) is 2.36. The number of hydrogen-bond acceptors (Lipinski definition) is 2. The highest BCUT2D eigenvalue weighted by molar-refractivity contribution is 5.87. The van der Waals surface area contributed by atoms with Crippen LogP contribution in [0.4, 0.5) is 0 Å². The molecule has 0 saturated carbocycles. The Bertz CT molecular complexity index is 195. The lowest BCUT2D eigenvalue weighted by atomic mass is 10.1. The molecule has 0 saturated heterocycles. The predicted molar refractivity (Wildman–Crippen MR) is 63.8 cm³/mol. The lowest BCUT2D eigenvalue weighted by Crippen LogP contribution is -2.04. The summed E-state index contributed by atoms with van der Waals surface area (Å²) >= 11 is 0. The quantitative estimate of drug-likeness (QED) is 0.347. The van der Waals surface area contributed by atoms with Crippen LogP contribution in [0.3, 0.4) is 0 Å². The van der Waals surface area contributed by atoms with Crippen molar-refractivity contribution in [2.45, 2.75) is 59.3 Å². The van der Waals surface area contributed by atoms with E-state index in [-0.39, 0.29) is 5.97 Å². The van der Waals surface area contributed by atoms with Crippen molar-refractivity contribution in [1.29, 1.82) is 0 Å². The molecule has 0 fully saturated rings. The van der Waals surface area contributed by atoms with Crippen molar-refractivity contribution in [2.75, 3.05) is 6.61 Å². The molecule has 0 aromatic carbocycles. The first-order valence-corrected chi connectivity index (χ1v) is 6.06. The molecular formula is C13H24O2. The summed E-state index contributed by atoms with van der Waals surface area (Å²) in [5.74, 6) is -0.175. The van der Waals surface area contributed by atoms with Gasteiger partial charge in [-0.2, -0.15) is 0 Å². The van der Waals surface area contributed by atoms with E-state index >= 15 is 0 Å². The molecule has 0 unspecified atom stereocenters. The summed E-state index contributed by atoms with van der Waals surface area (Å²) in [5.41, 5.74) is 0.743. The second-order valence-electron chi connectivity index (χ2n) is 3.81. The Hall–Kier alpha value is -0.790. The highest BCUT2D eigenvalue weighted by atomic mass is 16.5. The van der Waals surface area contributed by atoms with E-state index in [0.29, 0.717) is 6.61 Å². The van der Waals surface area contributed by atoms with Crippen LogP contribution in [0, 0.1) is 0 Å². The van der Waals surface area contributed by atoms with Gasteiger partial charge in [0.05, 0.1) is 6.61 Å². The van der Waals surface area contributed by atoms with Crippen molar-refractivity contribution in [3.63, 3.8) is 0 Å². The van der Waals surface area contributed by atoms with E-state index in [1.54, 1.807) is 0 Å². The number of allylic oxidation sites excluding steroid dienone is 1. The van der Waals surface area contributed by atoms with Crippen LogP contribution in [-0.4, -0.2) is 12.6 Å². The number of unbranched alkanes of at least 4 members (excludes halogenated alkanes) is 5. The Morgan fingerprint density at radius 2 is 1.80 bits per heavy atom. The van der Waals surface area contributed by atoms with Gasteiger partial charge in [0.2, 0.25) is 0 Å². The lowest BCUT2D eigenvalue weighted by Gasteiger charge is -2.01. The zero-order chi connectivity index (χ0) is 11.5. The van der Waals surface area contributed by atoms with Crippen LogP contribution in [-0.2, 0) is 9.53 Å². The molecular weight excluding hydrogens is 188 g/mol. The molecule has 0 aliphatic rings. The molecule has 2 nitrogen and oxygen atoms in total. The maximum absolute atomic E-state index is 11.2. The average molecular weight is 212 g/mol. The largest absolute Gasteiger partial charge is 0.463 e. The van der Waals surface area contributed by atoms with E-state index in [2.05, 4.69) is 6.92 Å². The summed E-state index contributed by atoms with van der Waals surface area (Å²) in [4.78, 5) is 11.2. The van der Waals surface area contributed by atoms with E-state index in [1.165, 1.54) is 32.1 Å². The Kier molecular flexibility index (Phi) is 9.24. The molecule has 0 heterocycles. The molecule has 88 valence electrons. The van der Waals surface area contributed by atoms with Crippen LogP contribution in [0.1, 0.15) is 59.3 Å². The molecule has 0 spiro atoms. The van der Waals surface area contributed by atoms with Crippen molar-refractivity contribution in [3.8, 4) is 0 Å². The third kappa shape index (κ3) is 8.22. The molecule has 0 bridgehead atoms. The van der Waals surface area contributed by atoms with Crippen LogP contribution >= 0.6 is 0 Å². The summed E-state index contributed by atoms with van der Waals surface area (Å²) in [6.07, 6.45) is 9.33. The number of ether oxygens (including phenoxy) is 1. The van der Waals surface area contributed by atoms with E-state index in [4.69, 9.17) is 4.74 Å². The fourth-order valence-corrected chi connectivity index (χ4v) is 1.39. The number of esters is 1. The van der Waals surface area contributed by atoms with Gasteiger partial charge < -0.3 is 4.74 Å². The number of carbonyl (C=O) groups excluding carboxylic acids is 1. The van der Waals surface area contributed by atoms with Crippen molar-refractivity contribution < 1.29 is 9.53 Å². The summed E-state index contributed by atoms with van der Waals surface area (Å²) < 4.78 is 4.89. The lowest BCUT2D eigenvalue weighted by molar-refractivity contribution is -0.138. The van der Waals surface area contributed by atoms with Crippen LogP contribution in [0.5, 0.6) is 0 Å². The van der Waals surface area contributed by atoms with Crippen LogP contribution in [0.2, 0.25) is 0 Å². The Labute approximate surface area is 93.7 Å². The first kappa shape index (κ1) is 14.2. The van der Waals surface area contributed by atoms with Crippen molar-refractivity contribution >= 4 is 5.97 Å². The minimum Gasteiger partial charge on any atom is -0.463 e. The molecule has 2 heteroatoms. The maximum atomic E-state index is 11.2. The summed E-state index contributed by atoms with van der Waals surface area (Å²) in [6, 6.07) is 0. The highest BCUT2D eigenvalue weighted by Gasteiger charge is 2.02. The molecule has 15 heavy (non-hydrogen) atoms. The third-order valence-corrected chi connectivity index (χ3v) is 2.36.